The fourth-order valence-electron chi connectivity index (χ4n) is 3.50. The lowest BCUT2D eigenvalue weighted by Crippen LogP contribution is -2.20. The van der Waals surface area contributed by atoms with Gasteiger partial charge in [0.1, 0.15) is 11.3 Å². The van der Waals surface area contributed by atoms with Crippen LogP contribution in [-0.4, -0.2) is 14.5 Å². The third-order valence-corrected chi connectivity index (χ3v) is 4.77. The van der Waals surface area contributed by atoms with Gasteiger partial charge in [0.2, 0.25) is 0 Å². The Morgan fingerprint density at radius 1 is 1.45 bits per heavy atom. The molecular weight excluding hydrogens is 270 g/mol. The van der Waals surface area contributed by atoms with Crippen LogP contribution in [0.4, 0.5) is 0 Å². The first kappa shape index (κ1) is 13.9. The summed E-state index contributed by atoms with van der Waals surface area (Å²) >= 11 is 6.37. The number of halogens is 1. The minimum absolute atomic E-state index is 0.0654. The Hall–Kier alpha value is -1.09. The third-order valence-electron chi connectivity index (χ3n) is 4.57. The van der Waals surface area contributed by atoms with Gasteiger partial charge in [-0.1, -0.05) is 26.2 Å². The van der Waals surface area contributed by atoms with Crippen molar-refractivity contribution in [3.8, 4) is 0 Å². The van der Waals surface area contributed by atoms with Gasteiger partial charge in [-0.05, 0) is 31.7 Å². The summed E-state index contributed by atoms with van der Waals surface area (Å²) in [6.07, 6.45) is 10.1. The van der Waals surface area contributed by atoms with E-state index in [2.05, 4.69) is 22.5 Å². The lowest BCUT2D eigenvalue weighted by molar-refractivity contribution is 0.261. The van der Waals surface area contributed by atoms with Gasteiger partial charge in [-0.3, -0.25) is 4.98 Å². The van der Waals surface area contributed by atoms with E-state index in [4.69, 9.17) is 16.6 Å². The highest BCUT2D eigenvalue weighted by Gasteiger charge is 2.26. The highest BCUT2D eigenvalue weighted by atomic mass is 35.5. The summed E-state index contributed by atoms with van der Waals surface area (Å²) in [7, 11) is 0. The van der Waals surface area contributed by atoms with Crippen LogP contribution in [0.2, 0.25) is 0 Å². The fourth-order valence-corrected chi connectivity index (χ4v) is 3.66. The average Bonchev–Trinajstić information content (AvgIpc) is 2.87. The Morgan fingerprint density at radius 2 is 2.30 bits per heavy atom. The smallest absolute Gasteiger partial charge is 0.128 e. The van der Waals surface area contributed by atoms with E-state index >= 15 is 0 Å². The summed E-state index contributed by atoms with van der Waals surface area (Å²) in [4.78, 5) is 8.89. The number of hydrogen-bond donors (Lipinski definition) is 0. The van der Waals surface area contributed by atoms with Gasteiger partial charge in [0.05, 0.1) is 17.1 Å². The molecule has 0 spiro atoms. The van der Waals surface area contributed by atoms with Crippen LogP contribution in [0.1, 0.15) is 63.2 Å². The molecule has 0 aliphatic heterocycles. The summed E-state index contributed by atoms with van der Waals surface area (Å²) in [5.74, 6) is 1.84. The number of hydrogen-bond acceptors (Lipinski definition) is 2. The van der Waals surface area contributed by atoms with Crippen molar-refractivity contribution in [2.24, 2.45) is 5.92 Å². The van der Waals surface area contributed by atoms with E-state index in [-0.39, 0.29) is 5.38 Å². The van der Waals surface area contributed by atoms with Crippen molar-refractivity contribution in [2.45, 2.75) is 57.4 Å². The molecule has 1 saturated carbocycles. The Balaban J connectivity index is 2.06. The molecule has 2 aromatic rings. The van der Waals surface area contributed by atoms with E-state index in [0.29, 0.717) is 6.04 Å². The molecule has 1 fully saturated rings. The standard InChI is InChI=1S/C16H22ClN3/c1-3-12-5-4-6-13(9-12)20-15-7-8-18-10-14(15)19-16(20)11(2)17/h7-8,10-13H,3-6,9H2,1-2H3. The Bertz CT molecular complexity index is 590. The summed E-state index contributed by atoms with van der Waals surface area (Å²) < 4.78 is 2.39. The molecule has 0 amide bonds. The first-order chi connectivity index (χ1) is 9.70. The van der Waals surface area contributed by atoms with E-state index in [1.54, 1.807) is 0 Å². The molecule has 0 N–H and O–H groups in total. The molecule has 0 saturated heterocycles. The summed E-state index contributed by atoms with van der Waals surface area (Å²) in [5, 5.41) is -0.0654. The molecule has 4 heteroatoms. The van der Waals surface area contributed by atoms with Gasteiger partial charge >= 0.3 is 0 Å². The van der Waals surface area contributed by atoms with Crippen LogP contribution in [0.5, 0.6) is 0 Å². The monoisotopic (exact) mass is 291 g/mol. The maximum Gasteiger partial charge on any atom is 0.128 e. The molecule has 1 aliphatic rings. The van der Waals surface area contributed by atoms with Crippen LogP contribution in [0.15, 0.2) is 18.5 Å². The first-order valence-corrected chi connectivity index (χ1v) is 8.10. The molecule has 20 heavy (non-hydrogen) atoms. The van der Waals surface area contributed by atoms with Gasteiger partial charge in [-0.15, -0.1) is 11.6 Å². The normalized spacial score (nSPS) is 24.9. The van der Waals surface area contributed by atoms with Crippen LogP contribution in [0.3, 0.4) is 0 Å². The molecule has 2 aromatic heterocycles. The number of fused-ring (bicyclic) bond motifs is 1. The van der Waals surface area contributed by atoms with Gasteiger partial charge in [0.25, 0.3) is 0 Å². The first-order valence-electron chi connectivity index (χ1n) is 7.66. The van der Waals surface area contributed by atoms with Gasteiger partial charge < -0.3 is 4.57 Å². The van der Waals surface area contributed by atoms with Crippen molar-refractivity contribution in [1.82, 2.24) is 14.5 Å². The Labute approximate surface area is 125 Å². The molecule has 3 rings (SSSR count). The van der Waals surface area contributed by atoms with E-state index in [1.165, 1.54) is 37.6 Å². The van der Waals surface area contributed by atoms with Crippen LogP contribution >= 0.6 is 11.6 Å². The van der Waals surface area contributed by atoms with Crippen molar-refractivity contribution in [3.63, 3.8) is 0 Å². The van der Waals surface area contributed by atoms with Crippen LogP contribution < -0.4 is 0 Å². The Morgan fingerprint density at radius 3 is 3.05 bits per heavy atom. The molecule has 0 radical (unpaired) electrons. The molecule has 3 atom stereocenters. The zero-order valence-corrected chi connectivity index (χ0v) is 13.0. The topological polar surface area (TPSA) is 30.7 Å². The van der Waals surface area contributed by atoms with Gasteiger partial charge in [-0.2, -0.15) is 0 Å². The molecule has 0 bridgehead atoms. The lowest BCUT2D eigenvalue weighted by atomic mass is 9.84. The van der Waals surface area contributed by atoms with Crippen molar-refractivity contribution >= 4 is 22.6 Å². The second-order valence-electron chi connectivity index (χ2n) is 5.92. The molecular formula is C16H22ClN3. The maximum atomic E-state index is 6.37. The zero-order valence-electron chi connectivity index (χ0n) is 12.2. The van der Waals surface area contributed by atoms with Gasteiger partial charge in [-0.25, -0.2) is 4.98 Å². The van der Waals surface area contributed by atoms with E-state index < -0.39 is 0 Å². The van der Waals surface area contributed by atoms with E-state index in [0.717, 1.165) is 17.3 Å². The lowest BCUT2D eigenvalue weighted by Gasteiger charge is -2.31. The van der Waals surface area contributed by atoms with E-state index in [1.807, 2.05) is 19.3 Å². The molecule has 1 aliphatic carbocycles. The SMILES string of the molecule is CCC1CCCC(n2c(C(C)Cl)nc3cnccc32)C1. The van der Waals surface area contributed by atoms with Crippen molar-refractivity contribution in [2.75, 3.05) is 0 Å². The number of imidazole rings is 1. The highest BCUT2D eigenvalue weighted by molar-refractivity contribution is 6.20. The van der Waals surface area contributed by atoms with Crippen molar-refractivity contribution in [1.29, 1.82) is 0 Å². The minimum Gasteiger partial charge on any atom is -0.324 e. The molecule has 2 heterocycles. The second-order valence-corrected chi connectivity index (χ2v) is 6.57. The van der Waals surface area contributed by atoms with Crippen LogP contribution in [-0.2, 0) is 0 Å². The molecule has 3 unspecified atom stereocenters. The van der Waals surface area contributed by atoms with E-state index in [9.17, 15) is 0 Å². The summed E-state index contributed by atoms with van der Waals surface area (Å²) in [5.41, 5.74) is 2.15. The number of pyridine rings is 1. The predicted octanol–water partition coefficient (Wildman–Crippen LogP) is 4.87. The highest BCUT2D eigenvalue weighted by Crippen LogP contribution is 2.38. The number of alkyl halides is 1. The number of nitrogens with zero attached hydrogens (tertiary/aromatic N) is 3. The largest absolute Gasteiger partial charge is 0.324 e. The summed E-state index contributed by atoms with van der Waals surface area (Å²) in [6, 6.07) is 2.61. The van der Waals surface area contributed by atoms with Gasteiger partial charge in [0.15, 0.2) is 0 Å². The minimum atomic E-state index is -0.0654. The predicted molar refractivity (Wildman–Crippen MR) is 83.1 cm³/mol. The summed E-state index contributed by atoms with van der Waals surface area (Å²) in [6.45, 7) is 4.31. The average molecular weight is 292 g/mol. The van der Waals surface area contributed by atoms with Crippen molar-refractivity contribution < 1.29 is 0 Å². The maximum absolute atomic E-state index is 6.37. The fraction of sp³-hybridized carbons (Fsp3) is 0.625. The zero-order chi connectivity index (χ0) is 14.1. The van der Waals surface area contributed by atoms with Gasteiger partial charge in [0, 0.05) is 12.2 Å². The molecule has 3 nitrogen and oxygen atoms in total. The van der Waals surface area contributed by atoms with Crippen LogP contribution in [0.25, 0.3) is 11.0 Å². The Kier molecular flexibility index (Phi) is 3.97. The molecule has 0 aromatic carbocycles. The third kappa shape index (κ3) is 2.44. The van der Waals surface area contributed by atoms with Crippen LogP contribution in [0, 0.1) is 5.92 Å². The van der Waals surface area contributed by atoms with Crippen molar-refractivity contribution in [3.05, 3.63) is 24.3 Å². The molecule has 108 valence electrons. The quantitative estimate of drug-likeness (QED) is 0.755. The number of rotatable bonds is 3. The second kappa shape index (κ2) is 5.72. The number of aromatic nitrogens is 3.